The monoisotopic (exact) mass is 336 g/mol. The predicted octanol–water partition coefficient (Wildman–Crippen LogP) is 4.95. The number of furan rings is 1. The Morgan fingerprint density at radius 3 is 2.60 bits per heavy atom. The molecule has 0 spiro atoms. The SMILES string of the molecule is CCCCCNc1nc(NCc2ccco2)cc(-c2ccccc2)n1. The molecule has 0 aliphatic carbocycles. The highest BCUT2D eigenvalue weighted by Gasteiger charge is 2.07. The lowest BCUT2D eigenvalue weighted by Crippen LogP contribution is -2.09. The Morgan fingerprint density at radius 1 is 0.960 bits per heavy atom. The molecule has 0 saturated heterocycles. The molecule has 0 saturated carbocycles. The first-order valence-electron chi connectivity index (χ1n) is 8.80. The van der Waals surface area contributed by atoms with E-state index in [2.05, 4.69) is 39.7 Å². The Hall–Kier alpha value is -2.82. The minimum absolute atomic E-state index is 0.591. The van der Waals surface area contributed by atoms with Crippen LogP contribution in [0, 0.1) is 0 Å². The van der Waals surface area contributed by atoms with Gasteiger partial charge < -0.3 is 15.1 Å². The predicted molar refractivity (Wildman–Crippen MR) is 102 cm³/mol. The maximum atomic E-state index is 5.37. The fourth-order valence-electron chi connectivity index (χ4n) is 2.54. The highest BCUT2D eigenvalue weighted by atomic mass is 16.3. The second-order valence-corrected chi connectivity index (χ2v) is 5.89. The largest absolute Gasteiger partial charge is 0.467 e. The van der Waals surface area contributed by atoms with Crippen LogP contribution in [0.5, 0.6) is 0 Å². The number of hydrogen-bond acceptors (Lipinski definition) is 5. The normalized spacial score (nSPS) is 10.6. The first kappa shape index (κ1) is 17.0. The van der Waals surface area contributed by atoms with Crippen LogP contribution >= 0.6 is 0 Å². The molecule has 130 valence electrons. The van der Waals surface area contributed by atoms with Crippen LogP contribution in [0.3, 0.4) is 0 Å². The molecular weight excluding hydrogens is 312 g/mol. The third-order valence-corrected chi connectivity index (χ3v) is 3.88. The van der Waals surface area contributed by atoms with E-state index in [1.165, 1.54) is 12.8 Å². The summed E-state index contributed by atoms with van der Waals surface area (Å²) in [6.07, 6.45) is 5.19. The maximum Gasteiger partial charge on any atom is 0.225 e. The average molecular weight is 336 g/mol. The molecule has 3 rings (SSSR count). The Morgan fingerprint density at radius 2 is 1.84 bits per heavy atom. The molecule has 5 heteroatoms. The quantitative estimate of drug-likeness (QED) is 0.541. The van der Waals surface area contributed by atoms with Crippen LogP contribution in [0.4, 0.5) is 11.8 Å². The van der Waals surface area contributed by atoms with E-state index in [1.54, 1.807) is 6.26 Å². The second kappa shape index (κ2) is 8.87. The highest BCUT2D eigenvalue weighted by molar-refractivity contribution is 5.64. The zero-order chi connectivity index (χ0) is 17.3. The van der Waals surface area contributed by atoms with Crippen molar-refractivity contribution in [1.82, 2.24) is 9.97 Å². The second-order valence-electron chi connectivity index (χ2n) is 5.89. The van der Waals surface area contributed by atoms with Gasteiger partial charge in [0.25, 0.3) is 0 Å². The number of rotatable bonds is 9. The maximum absolute atomic E-state index is 5.37. The van der Waals surface area contributed by atoms with Crippen molar-refractivity contribution in [2.75, 3.05) is 17.2 Å². The first-order valence-corrected chi connectivity index (χ1v) is 8.80. The number of anilines is 2. The Labute approximate surface area is 148 Å². The molecule has 0 bridgehead atoms. The van der Waals surface area contributed by atoms with E-state index in [0.717, 1.165) is 35.8 Å². The number of benzene rings is 1. The molecule has 0 fully saturated rings. The van der Waals surface area contributed by atoms with Gasteiger partial charge in [-0.05, 0) is 18.6 Å². The van der Waals surface area contributed by atoms with E-state index in [9.17, 15) is 0 Å². The van der Waals surface area contributed by atoms with Crippen LogP contribution in [0.25, 0.3) is 11.3 Å². The van der Waals surface area contributed by atoms with Gasteiger partial charge in [-0.25, -0.2) is 4.98 Å². The van der Waals surface area contributed by atoms with Crippen LogP contribution < -0.4 is 10.6 Å². The average Bonchev–Trinajstić information content (AvgIpc) is 3.18. The molecule has 5 nitrogen and oxygen atoms in total. The lowest BCUT2D eigenvalue weighted by atomic mass is 10.1. The Kier molecular flexibility index (Phi) is 6.04. The third kappa shape index (κ3) is 5.08. The molecule has 0 aliphatic heterocycles. The standard InChI is InChI=1S/C20H24N4O/c1-2-3-7-12-21-20-23-18(16-9-5-4-6-10-16)14-19(24-20)22-15-17-11-8-13-25-17/h4-6,8-11,13-14H,2-3,7,12,15H2,1H3,(H2,21,22,23,24). The van der Waals surface area contributed by atoms with Crippen molar-refractivity contribution in [1.29, 1.82) is 0 Å². The molecule has 1 aromatic carbocycles. The van der Waals surface area contributed by atoms with E-state index >= 15 is 0 Å². The van der Waals surface area contributed by atoms with Crippen molar-refractivity contribution in [2.24, 2.45) is 0 Å². The van der Waals surface area contributed by atoms with Gasteiger partial charge in [-0.3, -0.25) is 0 Å². The van der Waals surface area contributed by atoms with Gasteiger partial charge in [-0.1, -0.05) is 50.1 Å². The molecule has 2 N–H and O–H groups in total. The van der Waals surface area contributed by atoms with E-state index < -0.39 is 0 Å². The van der Waals surface area contributed by atoms with Gasteiger partial charge in [-0.15, -0.1) is 0 Å². The number of hydrogen-bond donors (Lipinski definition) is 2. The van der Waals surface area contributed by atoms with E-state index in [1.807, 2.05) is 36.4 Å². The molecule has 0 unspecified atom stereocenters. The van der Waals surface area contributed by atoms with Crippen LogP contribution in [-0.2, 0) is 6.54 Å². The summed E-state index contributed by atoms with van der Waals surface area (Å²) in [5.74, 6) is 2.31. The summed E-state index contributed by atoms with van der Waals surface area (Å²) in [6, 6.07) is 15.9. The third-order valence-electron chi connectivity index (χ3n) is 3.88. The number of nitrogens with zero attached hydrogens (tertiary/aromatic N) is 2. The van der Waals surface area contributed by atoms with Crippen molar-refractivity contribution < 1.29 is 4.42 Å². The summed E-state index contributed by atoms with van der Waals surface area (Å²) in [5, 5.41) is 6.65. The van der Waals surface area contributed by atoms with Gasteiger partial charge >= 0.3 is 0 Å². The molecule has 25 heavy (non-hydrogen) atoms. The fourth-order valence-corrected chi connectivity index (χ4v) is 2.54. The van der Waals surface area contributed by atoms with E-state index in [0.29, 0.717) is 12.5 Å². The zero-order valence-corrected chi connectivity index (χ0v) is 14.5. The summed E-state index contributed by atoms with van der Waals surface area (Å²) < 4.78 is 5.37. The van der Waals surface area contributed by atoms with Gasteiger partial charge in [0.1, 0.15) is 11.6 Å². The Balaban J connectivity index is 1.77. The van der Waals surface area contributed by atoms with Crippen molar-refractivity contribution in [3.8, 4) is 11.3 Å². The summed E-state index contributed by atoms with van der Waals surface area (Å²) in [5.41, 5.74) is 1.97. The van der Waals surface area contributed by atoms with Gasteiger partial charge in [0, 0.05) is 18.2 Å². The first-order chi connectivity index (χ1) is 12.3. The molecule has 0 aliphatic rings. The van der Waals surface area contributed by atoms with Crippen molar-refractivity contribution in [2.45, 2.75) is 32.7 Å². The topological polar surface area (TPSA) is 63.0 Å². The molecule has 3 aromatic rings. The number of unbranched alkanes of at least 4 members (excludes halogenated alkanes) is 2. The summed E-state index contributed by atoms with van der Waals surface area (Å²) in [4.78, 5) is 9.24. The molecule has 0 atom stereocenters. The highest BCUT2D eigenvalue weighted by Crippen LogP contribution is 2.21. The molecule has 0 amide bonds. The van der Waals surface area contributed by atoms with E-state index in [4.69, 9.17) is 4.42 Å². The van der Waals surface area contributed by atoms with Crippen molar-refractivity contribution in [3.05, 3.63) is 60.6 Å². The van der Waals surface area contributed by atoms with Crippen LogP contribution in [0.15, 0.2) is 59.2 Å². The van der Waals surface area contributed by atoms with Crippen molar-refractivity contribution >= 4 is 11.8 Å². The van der Waals surface area contributed by atoms with Crippen molar-refractivity contribution in [3.63, 3.8) is 0 Å². The summed E-state index contributed by atoms with van der Waals surface area (Å²) in [7, 11) is 0. The smallest absolute Gasteiger partial charge is 0.225 e. The Bertz CT molecular complexity index is 757. The van der Waals surface area contributed by atoms with Crippen LogP contribution in [0.1, 0.15) is 31.9 Å². The van der Waals surface area contributed by atoms with Gasteiger partial charge in [0.05, 0.1) is 18.5 Å². The van der Waals surface area contributed by atoms with Gasteiger partial charge in [0.15, 0.2) is 0 Å². The summed E-state index contributed by atoms with van der Waals surface area (Å²) >= 11 is 0. The molecule has 2 aromatic heterocycles. The van der Waals surface area contributed by atoms with Gasteiger partial charge in [0.2, 0.25) is 5.95 Å². The molecular formula is C20H24N4O. The minimum atomic E-state index is 0.591. The lowest BCUT2D eigenvalue weighted by Gasteiger charge is -2.11. The summed E-state index contributed by atoms with van der Waals surface area (Å²) in [6.45, 7) is 3.67. The van der Waals surface area contributed by atoms with E-state index in [-0.39, 0.29) is 0 Å². The van der Waals surface area contributed by atoms with Crippen LogP contribution in [0.2, 0.25) is 0 Å². The lowest BCUT2D eigenvalue weighted by molar-refractivity contribution is 0.518. The molecule has 2 heterocycles. The molecule has 0 radical (unpaired) electrons. The number of aromatic nitrogens is 2. The van der Waals surface area contributed by atoms with Crippen LogP contribution in [-0.4, -0.2) is 16.5 Å². The van der Waals surface area contributed by atoms with Gasteiger partial charge in [-0.2, -0.15) is 4.98 Å². The minimum Gasteiger partial charge on any atom is -0.467 e. The number of nitrogens with one attached hydrogen (secondary N) is 2. The zero-order valence-electron chi connectivity index (χ0n) is 14.5. The fraction of sp³-hybridized carbons (Fsp3) is 0.300.